The van der Waals surface area contributed by atoms with Crippen LogP contribution in [0.25, 0.3) is 0 Å². The number of alkyl halides is 3. The van der Waals surface area contributed by atoms with Crippen LogP contribution in [0.4, 0.5) is 13.2 Å². The van der Waals surface area contributed by atoms with Crippen LogP contribution in [0.5, 0.6) is 0 Å². The summed E-state index contributed by atoms with van der Waals surface area (Å²) in [5.74, 6) is 1.52. The fraction of sp³-hybridized carbons (Fsp3) is 0.700. The smallest absolute Gasteiger partial charge is 0.363 e. The predicted molar refractivity (Wildman–Crippen MR) is 106 cm³/mol. The van der Waals surface area contributed by atoms with Gasteiger partial charge in [-0.2, -0.15) is 13.2 Å². The molecule has 0 aliphatic carbocycles. The molecule has 0 bridgehead atoms. The summed E-state index contributed by atoms with van der Waals surface area (Å²) in [7, 11) is 3.54. The van der Waals surface area contributed by atoms with Gasteiger partial charge >= 0.3 is 11.9 Å². The molecule has 0 saturated carbocycles. The van der Waals surface area contributed by atoms with Gasteiger partial charge in [0.2, 0.25) is 0 Å². The summed E-state index contributed by atoms with van der Waals surface area (Å²) in [4.78, 5) is 27.6. The van der Waals surface area contributed by atoms with Gasteiger partial charge < -0.3 is 23.8 Å². The van der Waals surface area contributed by atoms with Gasteiger partial charge in [0.05, 0.1) is 12.7 Å². The molecule has 1 aromatic rings. The average molecular weight is 461 g/mol. The molecule has 9 nitrogen and oxygen atoms in total. The Bertz CT molecular complexity index is 946. The SMILES string of the molecule is C#CCO[C@H]1C[C@H](n2cc(C(F)(F)F)c(=O)[nH]c2=O)O[C@@H]1COC1(OC)CCN(C)CC1. The second-order valence-corrected chi connectivity index (χ2v) is 7.85. The summed E-state index contributed by atoms with van der Waals surface area (Å²) in [6.45, 7) is 1.51. The molecule has 3 rings (SSSR count). The molecule has 0 spiro atoms. The Morgan fingerprint density at radius 1 is 1.34 bits per heavy atom. The molecule has 32 heavy (non-hydrogen) atoms. The number of nitrogens with one attached hydrogen (secondary N) is 1. The van der Waals surface area contributed by atoms with Gasteiger partial charge in [0.15, 0.2) is 5.79 Å². The van der Waals surface area contributed by atoms with Crippen molar-refractivity contribution < 1.29 is 32.1 Å². The Kier molecular flexibility index (Phi) is 7.46. The van der Waals surface area contributed by atoms with Crippen LogP contribution in [0, 0.1) is 12.3 Å². The van der Waals surface area contributed by atoms with Crippen LogP contribution in [0.3, 0.4) is 0 Å². The fourth-order valence-electron chi connectivity index (χ4n) is 3.85. The van der Waals surface area contributed by atoms with Gasteiger partial charge in [-0.15, -0.1) is 6.42 Å². The van der Waals surface area contributed by atoms with Crippen molar-refractivity contribution in [3.63, 3.8) is 0 Å². The lowest BCUT2D eigenvalue weighted by Gasteiger charge is -2.39. The van der Waals surface area contributed by atoms with E-state index in [9.17, 15) is 22.8 Å². The van der Waals surface area contributed by atoms with E-state index >= 15 is 0 Å². The molecule has 1 N–H and O–H groups in total. The number of halogens is 3. The van der Waals surface area contributed by atoms with Gasteiger partial charge in [0.25, 0.3) is 5.56 Å². The summed E-state index contributed by atoms with van der Waals surface area (Å²) in [5.41, 5.74) is -4.03. The Hall–Kier alpha value is -2.17. The minimum Gasteiger partial charge on any atom is -0.363 e. The van der Waals surface area contributed by atoms with Crippen LogP contribution < -0.4 is 11.2 Å². The fourth-order valence-corrected chi connectivity index (χ4v) is 3.85. The van der Waals surface area contributed by atoms with Crippen molar-refractivity contribution in [3.8, 4) is 12.3 Å². The number of piperidine rings is 1. The molecule has 178 valence electrons. The van der Waals surface area contributed by atoms with Crippen molar-refractivity contribution in [2.24, 2.45) is 0 Å². The lowest BCUT2D eigenvalue weighted by molar-refractivity contribution is -0.257. The Morgan fingerprint density at radius 3 is 2.62 bits per heavy atom. The number of ether oxygens (including phenoxy) is 4. The van der Waals surface area contributed by atoms with Gasteiger partial charge in [-0.05, 0) is 7.05 Å². The van der Waals surface area contributed by atoms with Crippen LogP contribution in [0.1, 0.15) is 31.1 Å². The zero-order valence-electron chi connectivity index (χ0n) is 17.8. The van der Waals surface area contributed by atoms with Gasteiger partial charge in [0.1, 0.15) is 24.5 Å². The average Bonchev–Trinajstić information content (AvgIpc) is 3.14. The first-order valence-corrected chi connectivity index (χ1v) is 10.1. The highest BCUT2D eigenvalue weighted by Crippen LogP contribution is 2.34. The molecular weight excluding hydrogens is 435 g/mol. The lowest BCUT2D eigenvalue weighted by Crippen LogP contribution is -2.47. The largest absolute Gasteiger partial charge is 0.423 e. The highest BCUT2D eigenvalue weighted by molar-refractivity contribution is 5.09. The highest BCUT2D eigenvalue weighted by atomic mass is 19.4. The van der Waals surface area contributed by atoms with Crippen LogP contribution in [-0.4, -0.2) is 72.9 Å². The van der Waals surface area contributed by atoms with Crippen molar-refractivity contribution in [1.82, 2.24) is 14.5 Å². The highest BCUT2D eigenvalue weighted by Gasteiger charge is 2.42. The Balaban J connectivity index is 1.79. The van der Waals surface area contributed by atoms with E-state index in [1.807, 2.05) is 7.05 Å². The third kappa shape index (κ3) is 5.41. The number of rotatable bonds is 7. The van der Waals surface area contributed by atoms with Gasteiger partial charge in [0, 0.05) is 45.7 Å². The minimum atomic E-state index is -4.93. The van der Waals surface area contributed by atoms with E-state index in [0.717, 1.165) is 13.1 Å². The standard InChI is InChI=1S/C20H26F3N3O6/c1-4-9-30-14-10-16(26-11-13(20(21,22)23)17(27)24-18(26)28)32-15(14)12-31-19(29-3)5-7-25(2)8-6-19/h1,11,14-16H,5-10,12H2,2-3H3,(H,24,27,28)/t14-,15+,16+/m0/s1. The van der Waals surface area contributed by atoms with Crippen LogP contribution in [-0.2, 0) is 25.1 Å². The van der Waals surface area contributed by atoms with E-state index in [2.05, 4.69) is 10.8 Å². The van der Waals surface area contributed by atoms with E-state index in [4.69, 9.17) is 25.4 Å². The first-order chi connectivity index (χ1) is 15.1. The number of hydrogen-bond donors (Lipinski definition) is 1. The van der Waals surface area contributed by atoms with Crippen molar-refractivity contribution in [3.05, 3.63) is 32.6 Å². The molecule has 0 radical (unpaired) electrons. The number of hydrogen-bond acceptors (Lipinski definition) is 7. The van der Waals surface area contributed by atoms with Crippen molar-refractivity contribution >= 4 is 0 Å². The summed E-state index contributed by atoms with van der Waals surface area (Å²) in [5, 5.41) is 0. The maximum atomic E-state index is 13.1. The first-order valence-electron chi connectivity index (χ1n) is 10.1. The zero-order chi connectivity index (χ0) is 23.5. The Morgan fingerprint density at radius 2 is 2.03 bits per heavy atom. The third-order valence-corrected chi connectivity index (χ3v) is 5.78. The van der Waals surface area contributed by atoms with Crippen molar-refractivity contribution in [2.45, 2.75) is 49.7 Å². The monoisotopic (exact) mass is 461 g/mol. The van der Waals surface area contributed by atoms with E-state index in [1.54, 1.807) is 12.1 Å². The quantitative estimate of drug-likeness (QED) is 0.477. The summed E-state index contributed by atoms with van der Waals surface area (Å²) in [6, 6.07) is 0. The van der Waals surface area contributed by atoms with Gasteiger partial charge in [-0.1, -0.05) is 5.92 Å². The molecule has 0 amide bonds. The van der Waals surface area contributed by atoms with E-state index in [-0.39, 0.29) is 19.6 Å². The molecule has 2 aliphatic heterocycles. The van der Waals surface area contributed by atoms with Crippen LogP contribution in [0.15, 0.2) is 15.8 Å². The number of H-pyrrole nitrogens is 1. The zero-order valence-corrected chi connectivity index (χ0v) is 17.8. The number of likely N-dealkylation sites (tertiary alicyclic amines) is 1. The van der Waals surface area contributed by atoms with E-state index in [0.29, 0.717) is 23.6 Å². The lowest BCUT2D eigenvalue weighted by atomic mass is 10.0. The van der Waals surface area contributed by atoms with Crippen molar-refractivity contribution in [1.29, 1.82) is 0 Å². The molecule has 2 saturated heterocycles. The first kappa shape index (κ1) is 24.5. The maximum absolute atomic E-state index is 13.1. The molecule has 0 aromatic carbocycles. The van der Waals surface area contributed by atoms with Crippen LogP contribution in [0.2, 0.25) is 0 Å². The number of aromatic nitrogens is 2. The predicted octanol–water partition coefficient (Wildman–Crippen LogP) is 0.946. The molecule has 0 unspecified atom stereocenters. The summed E-state index contributed by atoms with van der Waals surface area (Å²) >= 11 is 0. The second kappa shape index (κ2) is 9.76. The summed E-state index contributed by atoms with van der Waals surface area (Å²) in [6.07, 6.45) is -0.367. The van der Waals surface area contributed by atoms with E-state index < -0.39 is 47.2 Å². The van der Waals surface area contributed by atoms with Gasteiger partial charge in [-0.25, -0.2) is 4.79 Å². The molecule has 1 aromatic heterocycles. The number of nitrogens with zero attached hydrogens (tertiary/aromatic N) is 2. The van der Waals surface area contributed by atoms with E-state index in [1.165, 1.54) is 0 Å². The van der Waals surface area contributed by atoms with Crippen molar-refractivity contribution in [2.75, 3.05) is 40.5 Å². The topological polar surface area (TPSA) is 95.0 Å². The number of aromatic amines is 1. The summed E-state index contributed by atoms with van der Waals surface area (Å²) < 4.78 is 63.2. The molecule has 3 atom stereocenters. The normalized spacial score (nSPS) is 26.2. The minimum absolute atomic E-state index is 0.0214. The maximum Gasteiger partial charge on any atom is 0.423 e. The van der Waals surface area contributed by atoms with Crippen LogP contribution >= 0.6 is 0 Å². The molecular formula is C20H26F3N3O6. The molecule has 2 aliphatic rings. The number of terminal acetylenes is 1. The molecule has 2 fully saturated rings. The molecule has 3 heterocycles. The second-order valence-electron chi connectivity index (χ2n) is 7.85. The molecule has 12 heteroatoms. The number of methoxy groups -OCH3 is 1. The third-order valence-electron chi connectivity index (χ3n) is 5.78. The Labute approximate surface area is 182 Å². The van der Waals surface area contributed by atoms with Gasteiger partial charge in [-0.3, -0.25) is 14.3 Å².